The highest BCUT2D eigenvalue weighted by atomic mass is 16.4. The molecule has 2 rings (SSSR count). The van der Waals surface area contributed by atoms with E-state index in [1.54, 1.807) is 26.0 Å². The lowest BCUT2D eigenvalue weighted by molar-refractivity contribution is -0.141. The quantitative estimate of drug-likeness (QED) is 0.809. The molecular weight excluding hydrogens is 272 g/mol. The average Bonchev–Trinajstić information content (AvgIpc) is 2.71. The third-order valence-electron chi connectivity index (χ3n) is 3.80. The second-order valence-electron chi connectivity index (χ2n) is 5.40. The fourth-order valence-corrected chi connectivity index (χ4v) is 2.46. The molecule has 0 aliphatic carbocycles. The van der Waals surface area contributed by atoms with E-state index in [1.807, 2.05) is 0 Å². The summed E-state index contributed by atoms with van der Waals surface area (Å²) in [7, 11) is 0. The molecule has 0 radical (unpaired) electrons. The lowest BCUT2D eigenvalue weighted by atomic mass is 10.0. The van der Waals surface area contributed by atoms with E-state index in [9.17, 15) is 14.4 Å². The van der Waals surface area contributed by atoms with Gasteiger partial charge in [0.1, 0.15) is 5.69 Å². The maximum atomic E-state index is 12.2. The monoisotopic (exact) mass is 290 g/mol. The molecule has 1 aliphatic heterocycles. The molecule has 2 unspecified atom stereocenters. The van der Waals surface area contributed by atoms with E-state index >= 15 is 0 Å². The van der Waals surface area contributed by atoms with Gasteiger partial charge in [0.25, 0.3) is 11.8 Å². The number of fused-ring (bicyclic) bond motifs is 1. The Balaban J connectivity index is 1.98. The molecule has 0 saturated carbocycles. The first-order chi connectivity index (χ1) is 9.93. The number of nitrogens with zero attached hydrogens (tertiary/aromatic N) is 2. The van der Waals surface area contributed by atoms with Crippen LogP contribution in [-0.2, 0) is 4.79 Å². The number of aliphatic carboxylic acids is 1. The molecule has 2 amide bonds. The molecule has 112 valence electrons. The normalized spacial score (nSPS) is 16.8. The van der Waals surface area contributed by atoms with Crippen molar-refractivity contribution in [3.63, 3.8) is 0 Å². The maximum Gasteiger partial charge on any atom is 0.306 e. The molecule has 6 nitrogen and oxygen atoms in total. The van der Waals surface area contributed by atoms with E-state index < -0.39 is 11.9 Å². The number of hydrogen-bond acceptors (Lipinski definition) is 4. The van der Waals surface area contributed by atoms with Gasteiger partial charge in [-0.15, -0.1) is 0 Å². The Morgan fingerprint density at radius 2 is 2.00 bits per heavy atom. The molecule has 0 fully saturated rings. The smallest absolute Gasteiger partial charge is 0.306 e. The predicted octanol–water partition coefficient (Wildman–Crippen LogP) is 1.96. The zero-order valence-electron chi connectivity index (χ0n) is 12.1. The van der Waals surface area contributed by atoms with Crippen LogP contribution < -0.4 is 0 Å². The third-order valence-corrected chi connectivity index (χ3v) is 3.80. The standard InChI is InChI=1S/C15H18N2O4/c1-9(15(20)21)5-3-6-10(2)17-13(18)11-7-4-8-16-12(11)14(17)19/h4,7-10H,3,5-6H2,1-2H3,(H,20,21). The largest absolute Gasteiger partial charge is 0.481 e. The van der Waals surface area contributed by atoms with Crippen LogP contribution in [0.3, 0.4) is 0 Å². The molecule has 2 atom stereocenters. The molecule has 2 heterocycles. The van der Waals surface area contributed by atoms with Gasteiger partial charge in [0.15, 0.2) is 0 Å². The number of carboxylic acids is 1. The number of carboxylic acid groups (broad SMARTS) is 1. The maximum absolute atomic E-state index is 12.2. The summed E-state index contributed by atoms with van der Waals surface area (Å²) < 4.78 is 0. The van der Waals surface area contributed by atoms with Crippen molar-refractivity contribution in [1.82, 2.24) is 9.88 Å². The summed E-state index contributed by atoms with van der Waals surface area (Å²) in [6.45, 7) is 3.45. The molecule has 0 bridgehead atoms. The highest BCUT2D eigenvalue weighted by molar-refractivity contribution is 6.20. The molecule has 1 N–H and O–H groups in total. The van der Waals surface area contributed by atoms with E-state index in [-0.39, 0.29) is 23.6 Å². The second kappa shape index (κ2) is 6.03. The van der Waals surface area contributed by atoms with E-state index in [2.05, 4.69) is 4.98 Å². The van der Waals surface area contributed by atoms with Crippen molar-refractivity contribution in [3.8, 4) is 0 Å². The zero-order chi connectivity index (χ0) is 15.6. The van der Waals surface area contributed by atoms with Crippen molar-refractivity contribution >= 4 is 17.8 Å². The predicted molar refractivity (Wildman–Crippen MR) is 74.8 cm³/mol. The highest BCUT2D eigenvalue weighted by Crippen LogP contribution is 2.24. The van der Waals surface area contributed by atoms with E-state index in [0.29, 0.717) is 24.8 Å². The molecule has 0 spiro atoms. The Hall–Kier alpha value is -2.24. The van der Waals surface area contributed by atoms with Crippen molar-refractivity contribution in [2.24, 2.45) is 5.92 Å². The van der Waals surface area contributed by atoms with Crippen LogP contribution in [0.15, 0.2) is 18.3 Å². The van der Waals surface area contributed by atoms with Crippen molar-refractivity contribution in [3.05, 3.63) is 29.6 Å². The van der Waals surface area contributed by atoms with Crippen molar-refractivity contribution < 1.29 is 19.5 Å². The fourth-order valence-electron chi connectivity index (χ4n) is 2.46. The summed E-state index contributed by atoms with van der Waals surface area (Å²) in [5.74, 6) is -1.93. The van der Waals surface area contributed by atoms with Gasteiger partial charge in [-0.2, -0.15) is 0 Å². The number of pyridine rings is 1. The third kappa shape index (κ3) is 2.94. The Morgan fingerprint density at radius 1 is 1.29 bits per heavy atom. The summed E-state index contributed by atoms with van der Waals surface area (Å²) in [4.78, 5) is 40.4. The molecule has 0 aromatic carbocycles. The van der Waals surface area contributed by atoms with Gasteiger partial charge in [0.2, 0.25) is 0 Å². The van der Waals surface area contributed by atoms with Crippen LogP contribution >= 0.6 is 0 Å². The van der Waals surface area contributed by atoms with Crippen LogP contribution in [0.4, 0.5) is 0 Å². The SMILES string of the molecule is CC(CCCC(C)N1C(=O)c2cccnc2C1=O)C(=O)O. The molecule has 0 saturated heterocycles. The molecule has 6 heteroatoms. The topological polar surface area (TPSA) is 87.6 Å². The Kier molecular flexibility index (Phi) is 4.35. The Labute approximate surface area is 122 Å². The van der Waals surface area contributed by atoms with Gasteiger partial charge in [-0.3, -0.25) is 24.3 Å². The number of hydrogen-bond donors (Lipinski definition) is 1. The van der Waals surface area contributed by atoms with Gasteiger partial charge in [-0.1, -0.05) is 13.3 Å². The van der Waals surface area contributed by atoms with Gasteiger partial charge >= 0.3 is 5.97 Å². The van der Waals surface area contributed by atoms with Gasteiger partial charge in [0.05, 0.1) is 11.5 Å². The van der Waals surface area contributed by atoms with Gasteiger partial charge < -0.3 is 5.11 Å². The first kappa shape index (κ1) is 15.2. The van der Waals surface area contributed by atoms with Crippen molar-refractivity contribution in [2.45, 2.75) is 39.2 Å². The van der Waals surface area contributed by atoms with E-state index in [4.69, 9.17) is 5.11 Å². The first-order valence-electron chi connectivity index (χ1n) is 6.99. The summed E-state index contributed by atoms with van der Waals surface area (Å²) in [6.07, 6.45) is 3.26. The average molecular weight is 290 g/mol. The molecule has 21 heavy (non-hydrogen) atoms. The van der Waals surface area contributed by atoms with E-state index in [0.717, 1.165) is 0 Å². The minimum absolute atomic E-state index is 0.202. The van der Waals surface area contributed by atoms with E-state index in [1.165, 1.54) is 11.1 Å². The number of imide groups is 1. The minimum atomic E-state index is -0.826. The van der Waals surface area contributed by atoms with Crippen LogP contribution in [0.25, 0.3) is 0 Å². The zero-order valence-corrected chi connectivity index (χ0v) is 12.1. The van der Waals surface area contributed by atoms with Crippen molar-refractivity contribution in [1.29, 1.82) is 0 Å². The summed E-state index contributed by atoms with van der Waals surface area (Å²) in [5.41, 5.74) is 0.543. The van der Waals surface area contributed by atoms with Crippen molar-refractivity contribution in [2.75, 3.05) is 0 Å². The summed E-state index contributed by atoms with van der Waals surface area (Å²) >= 11 is 0. The molecule has 1 aliphatic rings. The number of rotatable bonds is 6. The lowest BCUT2D eigenvalue weighted by Crippen LogP contribution is -2.38. The molecule has 1 aromatic rings. The number of carbonyl (C=O) groups is 3. The minimum Gasteiger partial charge on any atom is -0.481 e. The summed E-state index contributed by atoms with van der Waals surface area (Å²) in [5, 5.41) is 8.83. The van der Waals surface area contributed by atoms with Crippen LogP contribution in [0.1, 0.15) is 54.0 Å². The van der Waals surface area contributed by atoms with Gasteiger partial charge in [0, 0.05) is 12.2 Å². The van der Waals surface area contributed by atoms with Crippen LogP contribution in [0, 0.1) is 5.92 Å². The van der Waals surface area contributed by atoms with Gasteiger partial charge in [-0.05, 0) is 31.9 Å². The fraction of sp³-hybridized carbons (Fsp3) is 0.467. The van der Waals surface area contributed by atoms with Gasteiger partial charge in [-0.25, -0.2) is 0 Å². The number of carbonyl (C=O) groups excluding carboxylic acids is 2. The number of aromatic nitrogens is 1. The summed E-state index contributed by atoms with van der Waals surface area (Å²) in [6, 6.07) is 2.97. The van der Waals surface area contributed by atoms with Crippen LogP contribution in [0.5, 0.6) is 0 Å². The lowest BCUT2D eigenvalue weighted by Gasteiger charge is -2.22. The Bertz CT molecular complexity index is 550. The second-order valence-corrected chi connectivity index (χ2v) is 5.40. The first-order valence-corrected chi connectivity index (χ1v) is 6.99. The van der Waals surface area contributed by atoms with Crippen LogP contribution in [0.2, 0.25) is 0 Å². The molecular formula is C15H18N2O4. The highest BCUT2D eigenvalue weighted by Gasteiger charge is 2.39. The molecule has 1 aromatic heterocycles. The Morgan fingerprint density at radius 3 is 2.62 bits per heavy atom. The van der Waals surface area contributed by atoms with Crippen LogP contribution in [-0.4, -0.2) is 38.8 Å². The number of amides is 2.